The van der Waals surface area contributed by atoms with Crippen molar-refractivity contribution in [3.8, 4) is 0 Å². The molecule has 0 aliphatic carbocycles. The van der Waals surface area contributed by atoms with Crippen LogP contribution in [0.4, 0.5) is 0 Å². The maximum absolute atomic E-state index is 12.2. The van der Waals surface area contributed by atoms with Gasteiger partial charge in [0.15, 0.2) is 0 Å². The average molecular weight is 258 g/mol. The minimum atomic E-state index is -0.784. The third-order valence-corrected chi connectivity index (χ3v) is 4.36. The molecule has 2 fully saturated rings. The normalized spacial score (nSPS) is 30.0. The standard InChI is InChI=1S/C11H18N2O3S/c14-10(9-7-17-5-3-12-9)13-4-1-2-8(6-13)11(15)16/h8-9,12H,1-7H2,(H,15,16)/t8-,9?/m1/s1. The van der Waals surface area contributed by atoms with Crippen molar-refractivity contribution in [3.05, 3.63) is 0 Å². The molecule has 96 valence electrons. The molecule has 2 rings (SSSR count). The van der Waals surface area contributed by atoms with Gasteiger partial charge in [0.1, 0.15) is 0 Å². The molecule has 2 saturated heterocycles. The van der Waals surface area contributed by atoms with Gasteiger partial charge in [-0.2, -0.15) is 11.8 Å². The van der Waals surface area contributed by atoms with Gasteiger partial charge in [0, 0.05) is 31.1 Å². The van der Waals surface area contributed by atoms with E-state index in [4.69, 9.17) is 5.11 Å². The van der Waals surface area contributed by atoms with E-state index >= 15 is 0 Å². The van der Waals surface area contributed by atoms with Crippen molar-refractivity contribution in [2.45, 2.75) is 18.9 Å². The monoisotopic (exact) mass is 258 g/mol. The van der Waals surface area contributed by atoms with E-state index in [2.05, 4.69) is 5.32 Å². The Labute approximate surface area is 105 Å². The molecule has 2 heterocycles. The van der Waals surface area contributed by atoms with Crippen LogP contribution in [0.15, 0.2) is 0 Å². The van der Waals surface area contributed by atoms with E-state index in [9.17, 15) is 9.59 Å². The van der Waals surface area contributed by atoms with Crippen molar-refractivity contribution < 1.29 is 14.7 Å². The first-order valence-corrected chi connectivity index (χ1v) is 7.16. The van der Waals surface area contributed by atoms with Crippen molar-refractivity contribution in [2.24, 2.45) is 5.92 Å². The number of amides is 1. The van der Waals surface area contributed by atoms with Crippen LogP contribution in [0.2, 0.25) is 0 Å². The third-order valence-electron chi connectivity index (χ3n) is 3.30. The number of carbonyl (C=O) groups is 2. The highest BCUT2D eigenvalue weighted by Gasteiger charge is 2.32. The predicted octanol–water partition coefficient (Wildman–Crippen LogP) is 0.0146. The Morgan fingerprint density at radius 3 is 2.88 bits per heavy atom. The third kappa shape index (κ3) is 3.13. The summed E-state index contributed by atoms with van der Waals surface area (Å²) in [5.74, 6) is 0.745. The molecule has 2 aliphatic rings. The molecule has 2 atom stereocenters. The molecule has 0 radical (unpaired) electrons. The van der Waals surface area contributed by atoms with Gasteiger partial charge in [-0.05, 0) is 12.8 Å². The topological polar surface area (TPSA) is 69.6 Å². The largest absolute Gasteiger partial charge is 0.481 e. The number of carboxylic acid groups (broad SMARTS) is 1. The number of piperidine rings is 1. The van der Waals surface area contributed by atoms with Gasteiger partial charge in [-0.1, -0.05) is 0 Å². The van der Waals surface area contributed by atoms with Crippen molar-refractivity contribution >= 4 is 23.6 Å². The highest BCUT2D eigenvalue weighted by molar-refractivity contribution is 7.99. The first-order valence-electron chi connectivity index (χ1n) is 6.01. The number of hydrogen-bond donors (Lipinski definition) is 2. The summed E-state index contributed by atoms with van der Waals surface area (Å²) < 4.78 is 0. The molecular formula is C11H18N2O3S. The lowest BCUT2D eigenvalue weighted by Crippen LogP contribution is -2.53. The van der Waals surface area contributed by atoms with Crippen LogP contribution in [-0.2, 0) is 9.59 Å². The molecule has 0 aromatic rings. The van der Waals surface area contributed by atoms with Gasteiger partial charge in [-0.25, -0.2) is 0 Å². The summed E-state index contributed by atoms with van der Waals surface area (Å²) in [7, 11) is 0. The number of thioether (sulfide) groups is 1. The predicted molar refractivity (Wildman–Crippen MR) is 66.1 cm³/mol. The van der Waals surface area contributed by atoms with E-state index in [1.165, 1.54) is 0 Å². The maximum atomic E-state index is 12.2. The molecule has 0 aromatic heterocycles. The van der Waals surface area contributed by atoms with Crippen LogP contribution in [0, 0.1) is 5.92 Å². The second-order valence-corrected chi connectivity index (χ2v) is 5.69. The van der Waals surface area contributed by atoms with Crippen LogP contribution in [-0.4, -0.2) is 59.1 Å². The Hall–Kier alpha value is -0.750. The van der Waals surface area contributed by atoms with E-state index in [0.29, 0.717) is 19.5 Å². The van der Waals surface area contributed by atoms with E-state index in [0.717, 1.165) is 24.5 Å². The van der Waals surface area contributed by atoms with Crippen molar-refractivity contribution in [1.82, 2.24) is 10.2 Å². The molecule has 0 aromatic carbocycles. The molecule has 1 amide bonds. The SMILES string of the molecule is O=C(O)[C@@H]1CCCN(C(=O)C2CSCCN2)C1. The number of nitrogens with zero attached hydrogens (tertiary/aromatic N) is 1. The van der Waals surface area contributed by atoms with Gasteiger partial charge in [0.05, 0.1) is 12.0 Å². The fourth-order valence-corrected chi connectivity index (χ4v) is 3.25. The maximum Gasteiger partial charge on any atom is 0.308 e. The highest BCUT2D eigenvalue weighted by atomic mass is 32.2. The molecule has 5 nitrogen and oxygen atoms in total. The Morgan fingerprint density at radius 2 is 2.24 bits per heavy atom. The van der Waals surface area contributed by atoms with Crippen LogP contribution >= 0.6 is 11.8 Å². The van der Waals surface area contributed by atoms with Crippen molar-refractivity contribution in [3.63, 3.8) is 0 Å². The number of carbonyl (C=O) groups excluding carboxylic acids is 1. The van der Waals surface area contributed by atoms with E-state index in [-0.39, 0.29) is 17.9 Å². The van der Waals surface area contributed by atoms with Gasteiger partial charge < -0.3 is 15.3 Å². The zero-order valence-corrected chi connectivity index (χ0v) is 10.5. The Balaban J connectivity index is 1.91. The van der Waals surface area contributed by atoms with Gasteiger partial charge in [0.25, 0.3) is 0 Å². The summed E-state index contributed by atoms with van der Waals surface area (Å²) in [4.78, 5) is 24.8. The van der Waals surface area contributed by atoms with Crippen LogP contribution in [0.5, 0.6) is 0 Å². The zero-order valence-electron chi connectivity index (χ0n) is 9.72. The fraction of sp³-hybridized carbons (Fsp3) is 0.818. The van der Waals surface area contributed by atoms with Crippen LogP contribution in [0.25, 0.3) is 0 Å². The zero-order chi connectivity index (χ0) is 12.3. The number of hydrogen-bond acceptors (Lipinski definition) is 4. The van der Waals surface area contributed by atoms with Crippen LogP contribution in [0.1, 0.15) is 12.8 Å². The Kier molecular flexibility index (Phi) is 4.28. The quantitative estimate of drug-likeness (QED) is 0.730. The number of aliphatic carboxylic acids is 1. The van der Waals surface area contributed by atoms with Gasteiger partial charge in [-0.15, -0.1) is 0 Å². The smallest absolute Gasteiger partial charge is 0.308 e. The summed E-state index contributed by atoms with van der Waals surface area (Å²) in [5, 5.41) is 12.2. The lowest BCUT2D eigenvalue weighted by atomic mass is 9.98. The first-order chi connectivity index (χ1) is 8.18. The number of nitrogens with one attached hydrogen (secondary N) is 1. The van der Waals surface area contributed by atoms with E-state index < -0.39 is 5.97 Å². The van der Waals surface area contributed by atoms with Crippen molar-refractivity contribution in [1.29, 1.82) is 0 Å². The summed E-state index contributed by atoms with van der Waals surface area (Å²) in [6.45, 7) is 1.93. The lowest BCUT2D eigenvalue weighted by molar-refractivity contribution is -0.146. The van der Waals surface area contributed by atoms with Crippen LogP contribution < -0.4 is 5.32 Å². The minimum absolute atomic E-state index is 0.0724. The van der Waals surface area contributed by atoms with E-state index in [1.807, 2.05) is 0 Å². The van der Waals surface area contributed by atoms with Crippen molar-refractivity contribution in [2.75, 3.05) is 31.1 Å². The molecular weight excluding hydrogens is 240 g/mol. The summed E-state index contributed by atoms with van der Waals surface area (Å²) in [6.07, 6.45) is 1.48. The molecule has 17 heavy (non-hydrogen) atoms. The van der Waals surface area contributed by atoms with Gasteiger partial charge in [-0.3, -0.25) is 9.59 Å². The molecule has 6 heteroatoms. The summed E-state index contributed by atoms with van der Waals surface area (Å²) in [6, 6.07) is -0.124. The number of rotatable bonds is 2. The summed E-state index contributed by atoms with van der Waals surface area (Å²) in [5.41, 5.74) is 0. The summed E-state index contributed by atoms with van der Waals surface area (Å²) >= 11 is 1.78. The fourth-order valence-electron chi connectivity index (χ4n) is 2.32. The molecule has 2 N–H and O–H groups in total. The van der Waals surface area contributed by atoms with Crippen LogP contribution in [0.3, 0.4) is 0 Å². The lowest BCUT2D eigenvalue weighted by Gasteiger charge is -2.34. The van der Waals surface area contributed by atoms with E-state index in [1.54, 1.807) is 16.7 Å². The molecule has 2 aliphatic heterocycles. The molecule has 0 bridgehead atoms. The average Bonchev–Trinajstić information content (AvgIpc) is 2.39. The second-order valence-electron chi connectivity index (χ2n) is 4.54. The number of carboxylic acids is 1. The minimum Gasteiger partial charge on any atom is -0.481 e. The van der Waals surface area contributed by atoms with Gasteiger partial charge in [0.2, 0.25) is 5.91 Å². The highest BCUT2D eigenvalue weighted by Crippen LogP contribution is 2.19. The second kappa shape index (κ2) is 5.73. The number of likely N-dealkylation sites (tertiary alicyclic amines) is 1. The first kappa shape index (κ1) is 12.7. The Morgan fingerprint density at radius 1 is 1.41 bits per heavy atom. The molecule has 0 saturated carbocycles. The molecule has 1 unspecified atom stereocenters. The Bertz CT molecular complexity index is 305. The van der Waals surface area contributed by atoms with Gasteiger partial charge >= 0.3 is 5.97 Å². The molecule has 0 spiro atoms.